The first-order valence-electron chi connectivity index (χ1n) is 9.43. The molecule has 1 atom stereocenters. The maximum Gasteiger partial charge on any atom is 0.261 e. The van der Waals surface area contributed by atoms with Crippen LogP contribution in [0.3, 0.4) is 0 Å². The minimum absolute atomic E-state index is 0.154. The van der Waals surface area contributed by atoms with Gasteiger partial charge < -0.3 is 19.9 Å². The van der Waals surface area contributed by atoms with E-state index in [-0.39, 0.29) is 17.0 Å². The van der Waals surface area contributed by atoms with E-state index in [0.717, 1.165) is 41.9 Å². The first kappa shape index (κ1) is 18.1. The normalized spacial score (nSPS) is 16.3. The second-order valence-corrected chi connectivity index (χ2v) is 7.11. The molecule has 2 aromatic carbocycles. The Bertz CT molecular complexity index is 1060. The summed E-state index contributed by atoms with van der Waals surface area (Å²) in [4.78, 5) is 29.8. The Morgan fingerprint density at radius 2 is 2.07 bits per heavy atom. The van der Waals surface area contributed by atoms with Gasteiger partial charge in [0.15, 0.2) is 0 Å². The quantitative estimate of drug-likeness (QED) is 0.717. The number of H-pyrrole nitrogens is 1. The lowest BCUT2D eigenvalue weighted by Gasteiger charge is -2.19. The van der Waals surface area contributed by atoms with Gasteiger partial charge in [-0.1, -0.05) is 24.3 Å². The number of ether oxygens (including phenoxy) is 1. The van der Waals surface area contributed by atoms with Crippen molar-refractivity contribution in [2.75, 3.05) is 31.6 Å². The molecule has 1 aliphatic heterocycles. The van der Waals surface area contributed by atoms with E-state index in [1.165, 1.54) is 0 Å². The molecule has 1 amide bonds. The highest BCUT2D eigenvalue weighted by molar-refractivity contribution is 5.97. The number of nitrogens with zero attached hydrogens (tertiary/aromatic N) is 1. The van der Waals surface area contributed by atoms with E-state index in [9.17, 15) is 9.59 Å². The van der Waals surface area contributed by atoms with Gasteiger partial charge in [0.05, 0.1) is 7.11 Å². The van der Waals surface area contributed by atoms with Crippen LogP contribution in [-0.4, -0.2) is 37.6 Å². The van der Waals surface area contributed by atoms with Crippen LogP contribution in [0.5, 0.6) is 5.75 Å². The highest BCUT2D eigenvalue weighted by Crippen LogP contribution is 2.26. The number of rotatable bonds is 5. The monoisotopic (exact) mass is 377 g/mol. The number of para-hydroxylation sites is 1. The van der Waals surface area contributed by atoms with Crippen LogP contribution < -0.4 is 20.5 Å². The summed E-state index contributed by atoms with van der Waals surface area (Å²) in [6.07, 6.45) is 0.992. The number of aromatic amines is 1. The van der Waals surface area contributed by atoms with Crippen molar-refractivity contribution in [3.8, 4) is 5.75 Å². The predicted molar refractivity (Wildman–Crippen MR) is 110 cm³/mol. The number of benzene rings is 2. The van der Waals surface area contributed by atoms with E-state index in [0.29, 0.717) is 12.5 Å². The average molecular weight is 377 g/mol. The third-order valence-corrected chi connectivity index (χ3v) is 5.25. The number of aromatic nitrogens is 1. The molecule has 0 radical (unpaired) electrons. The molecule has 3 aromatic rings. The Morgan fingerprint density at radius 1 is 1.21 bits per heavy atom. The zero-order valence-electron chi connectivity index (χ0n) is 15.8. The van der Waals surface area contributed by atoms with Gasteiger partial charge in [-0.25, -0.2) is 0 Å². The van der Waals surface area contributed by atoms with Crippen molar-refractivity contribution in [1.82, 2.24) is 10.3 Å². The average Bonchev–Trinajstić information content (AvgIpc) is 3.20. The highest BCUT2D eigenvalue weighted by atomic mass is 16.5. The Morgan fingerprint density at radius 3 is 2.93 bits per heavy atom. The summed E-state index contributed by atoms with van der Waals surface area (Å²) in [7, 11) is 1.66. The molecule has 6 heteroatoms. The van der Waals surface area contributed by atoms with Crippen molar-refractivity contribution in [3.63, 3.8) is 0 Å². The van der Waals surface area contributed by atoms with E-state index >= 15 is 0 Å². The molecule has 2 heterocycles. The minimum Gasteiger partial charge on any atom is -0.497 e. The lowest BCUT2D eigenvalue weighted by atomic mass is 10.1. The predicted octanol–water partition coefficient (Wildman–Crippen LogP) is 2.79. The van der Waals surface area contributed by atoms with E-state index < -0.39 is 0 Å². The summed E-state index contributed by atoms with van der Waals surface area (Å²) >= 11 is 0. The number of hydrogen-bond donors (Lipinski definition) is 2. The van der Waals surface area contributed by atoms with Crippen LogP contribution in [0, 0.1) is 5.92 Å². The van der Waals surface area contributed by atoms with Crippen molar-refractivity contribution >= 4 is 22.5 Å². The molecule has 1 aliphatic rings. The van der Waals surface area contributed by atoms with Crippen LogP contribution in [0.2, 0.25) is 0 Å². The van der Waals surface area contributed by atoms with E-state index in [1.54, 1.807) is 13.2 Å². The molecule has 4 rings (SSSR count). The van der Waals surface area contributed by atoms with Crippen LogP contribution in [0.25, 0.3) is 10.9 Å². The summed E-state index contributed by atoms with van der Waals surface area (Å²) in [6.45, 7) is 2.34. The standard InChI is InChI=1S/C22H23N3O3/c1-28-18-7-4-6-17(12-18)25-10-9-15(14-25)13-23-21(26)19-11-16-5-2-3-8-20(16)24-22(19)27/h2-8,11-12,15H,9-10,13-14H2,1H3,(H,23,26)(H,24,27). The lowest BCUT2D eigenvalue weighted by molar-refractivity contribution is 0.0947. The smallest absolute Gasteiger partial charge is 0.261 e. The molecule has 1 saturated heterocycles. The molecule has 2 N–H and O–H groups in total. The molecular weight excluding hydrogens is 354 g/mol. The fraction of sp³-hybridized carbons (Fsp3) is 0.273. The minimum atomic E-state index is -0.361. The summed E-state index contributed by atoms with van der Waals surface area (Å²) in [5.74, 6) is 0.853. The molecule has 6 nitrogen and oxygen atoms in total. The molecule has 1 fully saturated rings. The van der Waals surface area contributed by atoms with Gasteiger partial charge in [0.2, 0.25) is 0 Å². The van der Waals surface area contributed by atoms with Gasteiger partial charge in [-0.15, -0.1) is 0 Å². The fourth-order valence-electron chi connectivity index (χ4n) is 3.69. The number of anilines is 1. The number of carbonyl (C=O) groups is 1. The van der Waals surface area contributed by atoms with Gasteiger partial charge >= 0.3 is 0 Å². The number of pyridine rings is 1. The number of hydrogen-bond acceptors (Lipinski definition) is 4. The van der Waals surface area contributed by atoms with Gasteiger partial charge in [0.1, 0.15) is 11.3 Å². The zero-order valence-corrected chi connectivity index (χ0v) is 15.8. The summed E-state index contributed by atoms with van der Waals surface area (Å²) in [5.41, 5.74) is 1.65. The first-order chi connectivity index (χ1) is 13.6. The number of amides is 1. The van der Waals surface area contributed by atoms with Crippen molar-refractivity contribution in [3.05, 3.63) is 70.5 Å². The highest BCUT2D eigenvalue weighted by Gasteiger charge is 2.24. The van der Waals surface area contributed by atoms with Crippen molar-refractivity contribution in [1.29, 1.82) is 0 Å². The summed E-state index contributed by atoms with van der Waals surface area (Å²) in [6, 6.07) is 17.1. The van der Waals surface area contributed by atoms with Crippen LogP contribution in [-0.2, 0) is 0 Å². The molecule has 0 aliphatic carbocycles. The van der Waals surface area contributed by atoms with Gasteiger partial charge in [0, 0.05) is 36.9 Å². The molecule has 1 aromatic heterocycles. The van der Waals surface area contributed by atoms with Crippen molar-refractivity contribution in [2.45, 2.75) is 6.42 Å². The largest absolute Gasteiger partial charge is 0.497 e. The second kappa shape index (κ2) is 7.76. The maximum absolute atomic E-state index is 12.5. The van der Waals surface area contributed by atoms with Gasteiger partial charge in [-0.05, 0) is 42.0 Å². The van der Waals surface area contributed by atoms with Crippen molar-refractivity contribution in [2.24, 2.45) is 5.92 Å². The third-order valence-electron chi connectivity index (χ3n) is 5.25. The van der Waals surface area contributed by atoms with E-state index in [1.807, 2.05) is 42.5 Å². The van der Waals surface area contributed by atoms with E-state index in [4.69, 9.17) is 4.74 Å². The molecule has 1 unspecified atom stereocenters. The van der Waals surface area contributed by atoms with E-state index in [2.05, 4.69) is 21.3 Å². The van der Waals surface area contributed by atoms with Crippen LogP contribution >= 0.6 is 0 Å². The fourth-order valence-corrected chi connectivity index (χ4v) is 3.69. The topological polar surface area (TPSA) is 74.4 Å². The molecule has 0 bridgehead atoms. The number of nitrogens with one attached hydrogen (secondary N) is 2. The third kappa shape index (κ3) is 3.71. The second-order valence-electron chi connectivity index (χ2n) is 7.11. The summed E-state index contributed by atoms with van der Waals surface area (Å²) in [5, 5.41) is 3.78. The number of carbonyl (C=O) groups excluding carboxylic acids is 1. The Labute approximate surface area is 163 Å². The number of fused-ring (bicyclic) bond motifs is 1. The Balaban J connectivity index is 1.39. The van der Waals surface area contributed by atoms with Gasteiger partial charge in [-0.2, -0.15) is 0 Å². The molecule has 144 valence electrons. The zero-order chi connectivity index (χ0) is 19.5. The lowest BCUT2D eigenvalue weighted by Crippen LogP contribution is -2.34. The van der Waals surface area contributed by atoms with Crippen LogP contribution in [0.15, 0.2) is 59.4 Å². The van der Waals surface area contributed by atoms with Crippen LogP contribution in [0.1, 0.15) is 16.8 Å². The van der Waals surface area contributed by atoms with Crippen molar-refractivity contribution < 1.29 is 9.53 Å². The SMILES string of the molecule is COc1cccc(N2CCC(CNC(=O)c3cc4ccccc4[nH]c3=O)C2)c1. The van der Waals surface area contributed by atoms with Gasteiger partial charge in [0.25, 0.3) is 11.5 Å². The number of methoxy groups -OCH3 is 1. The molecular formula is C22H23N3O3. The molecule has 28 heavy (non-hydrogen) atoms. The Kier molecular flexibility index (Phi) is 5.02. The van der Waals surface area contributed by atoms with Gasteiger partial charge in [-0.3, -0.25) is 9.59 Å². The molecule has 0 saturated carbocycles. The Hall–Kier alpha value is -3.28. The maximum atomic E-state index is 12.5. The first-order valence-corrected chi connectivity index (χ1v) is 9.43. The summed E-state index contributed by atoms with van der Waals surface area (Å²) < 4.78 is 5.29. The van der Waals surface area contributed by atoms with Crippen LogP contribution in [0.4, 0.5) is 5.69 Å². The molecule has 0 spiro atoms.